The molecule has 0 aliphatic rings. The van der Waals surface area contributed by atoms with Crippen molar-refractivity contribution < 1.29 is 22.7 Å². The molecule has 7 heteroatoms. The quantitative estimate of drug-likeness (QED) is 0.923. The van der Waals surface area contributed by atoms with Crippen LogP contribution in [0, 0.1) is 11.3 Å². The molecule has 108 valence electrons. The Labute approximate surface area is 114 Å². The molecule has 0 bridgehead atoms. The number of halogens is 3. The number of carbonyl (C=O) groups excluding carboxylic acids is 1. The molecule has 0 saturated carbocycles. The summed E-state index contributed by atoms with van der Waals surface area (Å²) < 4.78 is 43.3. The number of nitriles is 1. The van der Waals surface area contributed by atoms with Gasteiger partial charge in [0.05, 0.1) is 23.4 Å². The molecule has 0 saturated heterocycles. The Balaban J connectivity index is 3.13. The van der Waals surface area contributed by atoms with Gasteiger partial charge in [-0.2, -0.15) is 18.4 Å². The molecule has 0 spiro atoms. The first-order valence-corrected chi connectivity index (χ1v) is 5.78. The van der Waals surface area contributed by atoms with Crippen LogP contribution in [0.5, 0.6) is 5.75 Å². The molecule has 0 atom stereocenters. The van der Waals surface area contributed by atoms with Gasteiger partial charge in [-0.3, -0.25) is 4.79 Å². The van der Waals surface area contributed by atoms with E-state index in [9.17, 15) is 18.0 Å². The standard InChI is InChI=1S/C13H13F3N2O2/c1-8(2)20-11-4-3-9(13(14,15)16)7-10(11)18-12(19)5-6-17/h3-4,7-8H,5H2,1-2H3,(H,18,19). The van der Waals surface area contributed by atoms with Crippen LogP contribution in [0.25, 0.3) is 0 Å². The fourth-order valence-corrected chi connectivity index (χ4v) is 1.43. The predicted octanol–water partition coefficient (Wildman–Crippen LogP) is 3.34. The van der Waals surface area contributed by atoms with E-state index in [2.05, 4.69) is 5.32 Å². The van der Waals surface area contributed by atoms with Crippen molar-refractivity contribution in [1.82, 2.24) is 0 Å². The third kappa shape index (κ3) is 4.46. The van der Waals surface area contributed by atoms with Gasteiger partial charge in [0, 0.05) is 0 Å². The van der Waals surface area contributed by atoms with E-state index < -0.39 is 24.1 Å². The molecule has 1 aromatic carbocycles. The van der Waals surface area contributed by atoms with Crippen molar-refractivity contribution in [3.05, 3.63) is 23.8 Å². The normalized spacial score (nSPS) is 11.1. The first kappa shape index (κ1) is 15.8. The van der Waals surface area contributed by atoms with Crippen LogP contribution in [-0.2, 0) is 11.0 Å². The molecule has 0 unspecified atom stereocenters. The van der Waals surface area contributed by atoms with Crippen LogP contribution < -0.4 is 10.1 Å². The van der Waals surface area contributed by atoms with E-state index in [4.69, 9.17) is 10.00 Å². The smallest absolute Gasteiger partial charge is 0.416 e. The van der Waals surface area contributed by atoms with Gasteiger partial charge in [0.15, 0.2) is 0 Å². The number of ether oxygens (including phenoxy) is 1. The van der Waals surface area contributed by atoms with Crippen LogP contribution in [0.4, 0.5) is 18.9 Å². The molecular formula is C13H13F3N2O2. The van der Waals surface area contributed by atoms with Gasteiger partial charge in [0.2, 0.25) is 5.91 Å². The fraction of sp³-hybridized carbons (Fsp3) is 0.385. The Hall–Kier alpha value is -2.23. The van der Waals surface area contributed by atoms with Crippen LogP contribution >= 0.6 is 0 Å². The average molecular weight is 286 g/mol. The summed E-state index contributed by atoms with van der Waals surface area (Å²) in [6.07, 6.45) is -5.24. The van der Waals surface area contributed by atoms with Crippen LogP contribution in [0.1, 0.15) is 25.8 Å². The first-order chi connectivity index (χ1) is 9.24. The highest BCUT2D eigenvalue weighted by Crippen LogP contribution is 2.35. The van der Waals surface area contributed by atoms with Crippen molar-refractivity contribution in [2.45, 2.75) is 32.5 Å². The number of carbonyl (C=O) groups is 1. The van der Waals surface area contributed by atoms with Gasteiger partial charge in [-0.15, -0.1) is 0 Å². The Morgan fingerprint density at radius 2 is 2.10 bits per heavy atom. The van der Waals surface area contributed by atoms with Crippen molar-refractivity contribution >= 4 is 11.6 Å². The summed E-state index contributed by atoms with van der Waals surface area (Å²) in [5.41, 5.74) is -1.00. The minimum absolute atomic E-state index is 0.103. The molecule has 0 heterocycles. The van der Waals surface area contributed by atoms with E-state index in [0.29, 0.717) is 0 Å². The van der Waals surface area contributed by atoms with E-state index in [0.717, 1.165) is 18.2 Å². The van der Waals surface area contributed by atoms with Crippen LogP contribution in [-0.4, -0.2) is 12.0 Å². The van der Waals surface area contributed by atoms with Gasteiger partial charge in [-0.25, -0.2) is 0 Å². The zero-order valence-electron chi connectivity index (χ0n) is 10.9. The number of hydrogen-bond donors (Lipinski definition) is 1. The second-order valence-corrected chi connectivity index (χ2v) is 4.26. The summed E-state index contributed by atoms with van der Waals surface area (Å²) in [4.78, 5) is 11.3. The van der Waals surface area contributed by atoms with E-state index in [-0.39, 0.29) is 17.5 Å². The largest absolute Gasteiger partial charge is 0.489 e. The molecule has 0 aromatic heterocycles. The van der Waals surface area contributed by atoms with Crippen LogP contribution in [0.3, 0.4) is 0 Å². The molecule has 1 aromatic rings. The van der Waals surface area contributed by atoms with Crippen LogP contribution in [0.15, 0.2) is 18.2 Å². The van der Waals surface area contributed by atoms with Gasteiger partial charge in [-0.05, 0) is 32.0 Å². The molecule has 1 amide bonds. The van der Waals surface area contributed by atoms with Crippen molar-refractivity contribution in [1.29, 1.82) is 5.26 Å². The molecule has 4 nitrogen and oxygen atoms in total. The Bertz CT molecular complexity index is 533. The molecule has 1 rings (SSSR count). The van der Waals surface area contributed by atoms with Gasteiger partial charge in [-0.1, -0.05) is 0 Å². The molecule has 1 N–H and O–H groups in total. The second kappa shape index (κ2) is 6.28. The third-order valence-corrected chi connectivity index (χ3v) is 2.18. The van der Waals surface area contributed by atoms with E-state index >= 15 is 0 Å². The van der Waals surface area contributed by atoms with Crippen LogP contribution in [0.2, 0.25) is 0 Å². The number of benzene rings is 1. The van der Waals surface area contributed by atoms with Crippen molar-refractivity contribution in [2.75, 3.05) is 5.32 Å². The highest BCUT2D eigenvalue weighted by Gasteiger charge is 2.31. The van der Waals surface area contributed by atoms with E-state index in [1.807, 2.05) is 0 Å². The first-order valence-electron chi connectivity index (χ1n) is 5.78. The lowest BCUT2D eigenvalue weighted by Gasteiger charge is -2.16. The molecule has 0 fully saturated rings. The van der Waals surface area contributed by atoms with Gasteiger partial charge in [0.25, 0.3) is 0 Å². The SMILES string of the molecule is CC(C)Oc1ccc(C(F)(F)F)cc1NC(=O)CC#N. The third-order valence-electron chi connectivity index (χ3n) is 2.18. The van der Waals surface area contributed by atoms with Gasteiger partial charge >= 0.3 is 6.18 Å². The van der Waals surface area contributed by atoms with E-state index in [1.54, 1.807) is 19.9 Å². The van der Waals surface area contributed by atoms with Gasteiger partial charge < -0.3 is 10.1 Å². The zero-order chi connectivity index (χ0) is 15.3. The predicted molar refractivity (Wildman–Crippen MR) is 66.1 cm³/mol. The Morgan fingerprint density at radius 1 is 1.45 bits per heavy atom. The molecule has 0 aliphatic heterocycles. The minimum Gasteiger partial charge on any atom is -0.489 e. The number of nitrogens with one attached hydrogen (secondary N) is 1. The average Bonchev–Trinajstić information content (AvgIpc) is 2.29. The monoisotopic (exact) mass is 286 g/mol. The maximum atomic E-state index is 12.6. The number of hydrogen-bond acceptors (Lipinski definition) is 3. The number of rotatable bonds is 4. The molecule has 0 radical (unpaired) electrons. The summed E-state index contributed by atoms with van der Waals surface area (Å²) in [5.74, 6) is -0.570. The number of alkyl halides is 3. The van der Waals surface area contributed by atoms with Crippen molar-refractivity contribution in [3.63, 3.8) is 0 Å². The zero-order valence-corrected chi connectivity index (χ0v) is 10.9. The van der Waals surface area contributed by atoms with Gasteiger partial charge in [0.1, 0.15) is 12.2 Å². The highest BCUT2D eigenvalue weighted by molar-refractivity contribution is 5.93. The topological polar surface area (TPSA) is 62.1 Å². The second-order valence-electron chi connectivity index (χ2n) is 4.26. The Kier molecular flexibility index (Phi) is 4.97. The summed E-state index contributed by atoms with van der Waals surface area (Å²) in [7, 11) is 0. The summed E-state index contributed by atoms with van der Waals surface area (Å²) in [6.45, 7) is 3.41. The fourth-order valence-electron chi connectivity index (χ4n) is 1.43. The number of anilines is 1. The van der Waals surface area contributed by atoms with Crippen molar-refractivity contribution in [2.24, 2.45) is 0 Å². The number of amides is 1. The molecule has 20 heavy (non-hydrogen) atoms. The lowest BCUT2D eigenvalue weighted by molar-refractivity contribution is -0.137. The lowest BCUT2D eigenvalue weighted by atomic mass is 10.1. The summed E-state index contributed by atoms with van der Waals surface area (Å²) >= 11 is 0. The summed E-state index contributed by atoms with van der Waals surface area (Å²) in [5, 5.41) is 10.6. The summed E-state index contributed by atoms with van der Waals surface area (Å²) in [6, 6.07) is 4.42. The lowest BCUT2D eigenvalue weighted by Crippen LogP contribution is -2.15. The maximum Gasteiger partial charge on any atom is 0.416 e. The minimum atomic E-state index is -4.52. The maximum absolute atomic E-state index is 12.6. The number of nitrogens with zero attached hydrogens (tertiary/aromatic N) is 1. The Morgan fingerprint density at radius 3 is 2.60 bits per heavy atom. The molecule has 0 aliphatic carbocycles. The van der Waals surface area contributed by atoms with Crippen molar-refractivity contribution in [3.8, 4) is 11.8 Å². The highest BCUT2D eigenvalue weighted by atomic mass is 19.4. The molecular weight excluding hydrogens is 273 g/mol. The van der Waals surface area contributed by atoms with E-state index in [1.165, 1.54) is 0 Å².